The Labute approximate surface area is 136 Å². The first kappa shape index (κ1) is 15.7. The summed E-state index contributed by atoms with van der Waals surface area (Å²) in [7, 11) is 3.59. The van der Waals surface area contributed by atoms with Gasteiger partial charge < -0.3 is 9.88 Å². The van der Waals surface area contributed by atoms with E-state index in [9.17, 15) is 4.79 Å². The molecule has 0 aliphatic carbocycles. The van der Waals surface area contributed by atoms with Gasteiger partial charge in [0.05, 0.1) is 12.2 Å². The van der Waals surface area contributed by atoms with Crippen molar-refractivity contribution in [2.24, 2.45) is 0 Å². The van der Waals surface area contributed by atoms with Gasteiger partial charge in [-0.15, -0.1) is 0 Å². The summed E-state index contributed by atoms with van der Waals surface area (Å²) in [6.07, 6.45) is 5.45. The van der Waals surface area contributed by atoms with E-state index in [-0.39, 0.29) is 5.91 Å². The number of nitrogens with one attached hydrogen (secondary N) is 1. The molecule has 0 radical (unpaired) electrons. The van der Waals surface area contributed by atoms with Gasteiger partial charge >= 0.3 is 0 Å². The number of amides is 1. The third-order valence-electron chi connectivity index (χ3n) is 4.15. The average molecular weight is 316 g/mol. The number of hydrogen-bond donors (Lipinski definition) is 1. The van der Waals surface area contributed by atoms with Gasteiger partial charge in [0.2, 0.25) is 0 Å². The van der Waals surface area contributed by atoms with Crippen LogP contribution in [0.2, 0.25) is 0 Å². The van der Waals surface area contributed by atoms with Crippen LogP contribution in [0.3, 0.4) is 0 Å². The second-order valence-electron chi connectivity index (χ2n) is 6.19. The van der Waals surface area contributed by atoms with Crippen LogP contribution in [-0.4, -0.2) is 56.1 Å². The lowest BCUT2D eigenvalue weighted by Gasteiger charge is -2.26. The van der Waals surface area contributed by atoms with Gasteiger partial charge in [0.25, 0.3) is 5.91 Å². The highest BCUT2D eigenvalue weighted by Crippen LogP contribution is 2.24. The second kappa shape index (κ2) is 6.54. The van der Waals surface area contributed by atoms with Crippen molar-refractivity contribution in [2.45, 2.75) is 39.4 Å². The molecule has 2 aromatic heterocycles. The number of carbonyl (C=O) groups is 1. The molecule has 0 unspecified atom stereocenters. The first-order chi connectivity index (χ1) is 11.1. The maximum Gasteiger partial charge on any atom is 0.271 e. The summed E-state index contributed by atoms with van der Waals surface area (Å²) < 4.78 is 1.89. The molecule has 0 fully saturated rings. The Morgan fingerprint density at radius 3 is 2.91 bits per heavy atom. The fraction of sp³-hybridized carbons (Fsp3) is 0.562. The number of carbonyl (C=O) groups excluding carboxylic acids is 1. The van der Waals surface area contributed by atoms with Crippen molar-refractivity contribution in [3.8, 4) is 0 Å². The highest BCUT2D eigenvalue weighted by molar-refractivity contribution is 5.94. The minimum Gasteiger partial charge on any atom is -0.348 e. The van der Waals surface area contributed by atoms with E-state index in [0.29, 0.717) is 0 Å². The van der Waals surface area contributed by atoms with Crippen molar-refractivity contribution in [1.29, 1.82) is 0 Å². The summed E-state index contributed by atoms with van der Waals surface area (Å²) in [5, 5.41) is 4.69. The van der Waals surface area contributed by atoms with Gasteiger partial charge in [-0.05, 0) is 6.42 Å². The van der Waals surface area contributed by atoms with Crippen LogP contribution in [0.5, 0.6) is 0 Å². The molecule has 0 bridgehead atoms. The Morgan fingerprint density at radius 1 is 1.43 bits per heavy atom. The van der Waals surface area contributed by atoms with E-state index in [1.807, 2.05) is 10.9 Å². The number of H-pyrrole nitrogens is 1. The highest BCUT2D eigenvalue weighted by Gasteiger charge is 2.29. The van der Waals surface area contributed by atoms with E-state index in [1.165, 1.54) is 0 Å². The monoisotopic (exact) mass is 316 g/mol. The lowest BCUT2D eigenvalue weighted by molar-refractivity contribution is 0.0812. The molecule has 7 nitrogen and oxygen atoms in total. The fourth-order valence-electron chi connectivity index (χ4n) is 3.04. The molecular weight excluding hydrogens is 292 g/mol. The summed E-state index contributed by atoms with van der Waals surface area (Å²) in [6, 6.07) is 0. The third kappa shape index (κ3) is 3.14. The van der Waals surface area contributed by atoms with Gasteiger partial charge in [-0.3, -0.25) is 14.4 Å². The van der Waals surface area contributed by atoms with Crippen molar-refractivity contribution in [3.05, 3.63) is 35.2 Å². The molecule has 1 aliphatic heterocycles. The van der Waals surface area contributed by atoms with E-state index < -0.39 is 0 Å². The highest BCUT2D eigenvalue weighted by atomic mass is 16.2. The summed E-state index contributed by atoms with van der Waals surface area (Å²) in [5.41, 5.74) is 2.89. The van der Waals surface area contributed by atoms with Crippen LogP contribution in [0.4, 0.5) is 0 Å². The fourth-order valence-corrected chi connectivity index (χ4v) is 3.04. The number of imidazole rings is 1. The maximum atomic E-state index is 12.6. The molecule has 1 amide bonds. The van der Waals surface area contributed by atoms with Crippen molar-refractivity contribution < 1.29 is 4.79 Å². The van der Waals surface area contributed by atoms with E-state index in [1.54, 1.807) is 25.2 Å². The molecule has 7 heteroatoms. The molecule has 0 spiro atoms. The quantitative estimate of drug-likeness (QED) is 0.902. The molecule has 1 N–H and O–H groups in total. The number of aryl methyl sites for hydroxylation is 1. The Balaban J connectivity index is 1.88. The molecule has 0 saturated carbocycles. The van der Waals surface area contributed by atoms with Gasteiger partial charge in [-0.25, -0.2) is 4.98 Å². The Bertz CT molecular complexity index is 673. The van der Waals surface area contributed by atoms with Crippen molar-refractivity contribution in [2.75, 3.05) is 20.6 Å². The van der Waals surface area contributed by atoms with Gasteiger partial charge in [0.15, 0.2) is 0 Å². The topological polar surface area (TPSA) is 70.1 Å². The van der Waals surface area contributed by atoms with Crippen LogP contribution in [0.1, 0.15) is 40.9 Å². The largest absolute Gasteiger partial charge is 0.348 e. The Kier molecular flexibility index (Phi) is 4.47. The number of hydrogen-bond acceptors (Lipinski definition) is 4. The van der Waals surface area contributed by atoms with Crippen molar-refractivity contribution in [3.63, 3.8) is 0 Å². The van der Waals surface area contributed by atoms with E-state index in [2.05, 4.69) is 21.8 Å². The zero-order valence-corrected chi connectivity index (χ0v) is 14.0. The number of aromatic nitrogens is 4. The van der Waals surface area contributed by atoms with E-state index in [0.717, 1.165) is 61.8 Å². The SMILES string of the molecule is CCCn1nc2c(c1C(=O)N(C)C)CN(Cc1ncc[nH]1)CC2. The van der Waals surface area contributed by atoms with Gasteiger partial charge in [-0.1, -0.05) is 6.92 Å². The van der Waals surface area contributed by atoms with Gasteiger partial charge in [0, 0.05) is 58.1 Å². The molecule has 3 rings (SSSR count). The number of fused-ring (bicyclic) bond motifs is 1. The zero-order chi connectivity index (χ0) is 16.4. The lowest BCUT2D eigenvalue weighted by Crippen LogP contribution is -2.32. The summed E-state index contributed by atoms with van der Waals surface area (Å²) in [4.78, 5) is 24.0. The lowest BCUT2D eigenvalue weighted by atomic mass is 10.0. The summed E-state index contributed by atoms with van der Waals surface area (Å²) in [6.45, 7) is 5.33. The standard InChI is InChI=1S/C16H24N6O/c1-4-8-22-15(16(23)20(2)3)12-10-21(9-5-13(12)19-22)11-14-17-6-7-18-14/h6-7H,4-5,8-11H2,1-3H3,(H,17,18). The van der Waals surface area contributed by atoms with Crippen LogP contribution in [0.25, 0.3) is 0 Å². The molecule has 3 heterocycles. The molecule has 0 saturated heterocycles. The summed E-state index contributed by atoms with van der Waals surface area (Å²) >= 11 is 0. The van der Waals surface area contributed by atoms with Crippen LogP contribution in [0.15, 0.2) is 12.4 Å². The third-order valence-corrected chi connectivity index (χ3v) is 4.15. The molecule has 0 aromatic carbocycles. The molecule has 0 atom stereocenters. The molecule has 2 aromatic rings. The van der Waals surface area contributed by atoms with Crippen LogP contribution in [-0.2, 0) is 26.1 Å². The predicted molar refractivity (Wildman–Crippen MR) is 86.9 cm³/mol. The van der Waals surface area contributed by atoms with Crippen LogP contribution < -0.4 is 0 Å². The number of aromatic amines is 1. The summed E-state index contributed by atoms with van der Waals surface area (Å²) in [5.74, 6) is 0.988. The van der Waals surface area contributed by atoms with Crippen LogP contribution >= 0.6 is 0 Å². The maximum absolute atomic E-state index is 12.6. The minimum atomic E-state index is 0.0343. The molecule has 1 aliphatic rings. The Morgan fingerprint density at radius 2 is 2.26 bits per heavy atom. The smallest absolute Gasteiger partial charge is 0.271 e. The molecular formula is C16H24N6O. The van der Waals surface area contributed by atoms with E-state index in [4.69, 9.17) is 5.10 Å². The second-order valence-corrected chi connectivity index (χ2v) is 6.19. The van der Waals surface area contributed by atoms with Crippen molar-refractivity contribution in [1.82, 2.24) is 29.5 Å². The Hall–Kier alpha value is -2.15. The number of nitrogens with zero attached hydrogens (tertiary/aromatic N) is 5. The van der Waals surface area contributed by atoms with E-state index >= 15 is 0 Å². The first-order valence-electron chi connectivity index (χ1n) is 8.11. The zero-order valence-electron chi connectivity index (χ0n) is 14.0. The molecule has 23 heavy (non-hydrogen) atoms. The van der Waals surface area contributed by atoms with Crippen molar-refractivity contribution >= 4 is 5.91 Å². The van der Waals surface area contributed by atoms with Crippen LogP contribution in [0, 0.1) is 0 Å². The average Bonchev–Trinajstić information content (AvgIpc) is 3.14. The first-order valence-corrected chi connectivity index (χ1v) is 8.11. The predicted octanol–water partition coefficient (Wildman–Crippen LogP) is 1.28. The number of rotatable bonds is 5. The molecule has 124 valence electrons. The minimum absolute atomic E-state index is 0.0343. The normalized spacial score (nSPS) is 14.7. The van der Waals surface area contributed by atoms with Gasteiger partial charge in [0.1, 0.15) is 11.5 Å². The van der Waals surface area contributed by atoms with Gasteiger partial charge in [-0.2, -0.15) is 5.10 Å².